The lowest BCUT2D eigenvalue weighted by Gasteiger charge is -2.42. The van der Waals surface area contributed by atoms with Crippen molar-refractivity contribution in [1.82, 2.24) is 15.1 Å². The van der Waals surface area contributed by atoms with E-state index in [4.69, 9.17) is 0 Å². The van der Waals surface area contributed by atoms with Crippen molar-refractivity contribution in [2.75, 3.05) is 41.3 Å². The molecule has 0 radical (unpaired) electrons. The van der Waals surface area contributed by atoms with Crippen LogP contribution in [-0.2, 0) is 5.41 Å². The van der Waals surface area contributed by atoms with Crippen molar-refractivity contribution in [1.29, 1.82) is 0 Å². The predicted octanol–water partition coefficient (Wildman–Crippen LogP) is 4.81. The summed E-state index contributed by atoms with van der Waals surface area (Å²) in [5.74, 6) is -0.0672. The molecule has 1 aliphatic rings. The van der Waals surface area contributed by atoms with Crippen LogP contribution in [-0.4, -0.2) is 62.9 Å². The lowest BCUT2D eigenvalue weighted by molar-refractivity contribution is 0.0827. The zero-order valence-corrected chi connectivity index (χ0v) is 21.2. The molecule has 2 aromatic rings. The number of carbonyl (C=O) groups excluding carboxylic acids is 2. The van der Waals surface area contributed by atoms with E-state index in [9.17, 15) is 9.59 Å². The summed E-state index contributed by atoms with van der Waals surface area (Å²) in [5, 5.41) is 2.71. The van der Waals surface area contributed by atoms with Crippen molar-refractivity contribution in [3.63, 3.8) is 0 Å². The minimum Gasteiger partial charge on any atom is -0.355 e. The quantitative estimate of drug-likeness (QED) is 0.744. The summed E-state index contributed by atoms with van der Waals surface area (Å²) in [6, 6.07) is 15.9. The van der Waals surface area contributed by atoms with Gasteiger partial charge in [-0.15, -0.1) is 0 Å². The van der Waals surface area contributed by atoms with E-state index in [1.54, 1.807) is 26.0 Å². The van der Waals surface area contributed by atoms with Gasteiger partial charge in [-0.1, -0.05) is 52.0 Å². The summed E-state index contributed by atoms with van der Waals surface area (Å²) in [6.07, 6.45) is 1.95. The second-order valence-corrected chi connectivity index (χ2v) is 7.82. The molecule has 0 saturated carbocycles. The van der Waals surface area contributed by atoms with E-state index in [2.05, 4.69) is 35.5 Å². The molecule has 1 saturated heterocycles. The molecule has 1 N–H and O–H groups in total. The maximum Gasteiger partial charge on any atom is 0.253 e. The molecule has 1 fully saturated rings. The summed E-state index contributed by atoms with van der Waals surface area (Å²) in [4.78, 5) is 28.3. The molecule has 1 aliphatic heterocycles. The van der Waals surface area contributed by atoms with Gasteiger partial charge in [0, 0.05) is 37.7 Å². The Balaban J connectivity index is 0.00000121. The molecule has 0 spiro atoms. The molecule has 0 bridgehead atoms. The number of benzene rings is 2. The van der Waals surface area contributed by atoms with Crippen LogP contribution >= 0.6 is 0 Å². The highest BCUT2D eigenvalue weighted by Crippen LogP contribution is 2.42. The van der Waals surface area contributed by atoms with E-state index in [1.165, 1.54) is 5.56 Å². The Kier molecular flexibility index (Phi) is 11.1. The van der Waals surface area contributed by atoms with Gasteiger partial charge in [-0.05, 0) is 68.4 Å². The fourth-order valence-electron chi connectivity index (χ4n) is 4.04. The Morgan fingerprint density at radius 2 is 1.44 bits per heavy atom. The van der Waals surface area contributed by atoms with Gasteiger partial charge in [0.15, 0.2) is 0 Å². The number of piperidine rings is 1. The lowest BCUT2D eigenvalue weighted by Crippen LogP contribution is -2.41. The first kappa shape index (κ1) is 27.4. The molecular formula is C27H41N3O2. The number of nitrogens with one attached hydrogen (secondary N) is 1. The van der Waals surface area contributed by atoms with Crippen LogP contribution in [0.5, 0.6) is 0 Å². The van der Waals surface area contributed by atoms with E-state index in [1.807, 2.05) is 58.0 Å². The third-order valence-corrected chi connectivity index (χ3v) is 5.84. The fraction of sp³-hybridized carbons (Fsp3) is 0.481. The second-order valence-electron chi connectivity index (χ2n) is 7.82. The Morgan fingerprint density at radius 3 is 1.94 bits per heavy atom. The highest BCUT2D eigenvalue weighted by Gasteiger charge is 2.37. The number of nitrogens with zero attached hydrogens (tertiary/aromatic N) is 2. The topological polar surface area (TPSA) is 52.7 Å². The molecule has 0 aliphatic carbocycles. The second kappa shape index (κ2) is 13.0. The third-order valence-electron chi connectivity index (χ3n) is 5.84. The molecule has 2 amide bonds. The molecule has 32 heavy (non-hydrogen) atoms. The van der Waals surface area contributed by atoms with Gasteiger partial charge in [-0.2, -0.15) is 0 Å². The van der Waals surface area contributed by atoms with Crippen LogP contribution in [0.4, 0.5) is 0 Å². The molecule has 1 heterocycles. The summed E-state index contributed by atoms with van der Waals surface area (Å²) >= 11 is 0. The van der Waals surface area contributed by atoms with Gasteiger partial charge in [0.1, 0.15) is 0 Å². The van der Waals surface area contributed by atoms with E-state index >= 15 is 0 Å². The largest absolute Gasteiger partial charge is 0.355 e. The van der Waals surface area contributed by atoms with Crippen LogP contribution in [0.25, 0.3) is 0 Å². The van der Waals surface area contributed by atoms with Crippen molar-refractivity contribution < 1.29 is 9.59 Å². The first-order valence-electron chi connectivity index (χ1n) is 11.7. The first-order chi connectivity index (χ1) is 15.4. The Labute approximate surface area is 194 Å². The van der Waals surface area contributed by atoms with Gasteiger partial charge in [0.2, 0.25) is 0 Å². The maximum atomic E-state index is 12.3. The van der Waals surface area contributed by atoms with Crippen LogP contribution in [0.3, 0.4) is 0 Å². The molecule has 0 atom stereocenters. The van der Waals surface area contributed by atoms with Gasteiger partial charge >= 0.3 is 0 Å². The van der Waals surface area contributed by atoms with Gasteiger partial charge in [-0.25, -0.2) is 0 Å². The van der Waals surface area contributed by atoms with Crippen molar-refractivity contribution in [3.05, 3.63) is 70.8 Å². The first-order valence-corrected chi connectivity index (χ1v) is 11.7. The molecule has 5 nitrogen and oxygen atoms in total. The molecule has 176 valence electrons. The minimum atomic E-state index is -0.157. The van der Waals surface area contributed by atoms with Crippen LogP contribution in [0.1, 0.15) is 72.4 Å². The lowest BCUT2D eigenvalue weighted by atomic mass is 9.67. The standard InChI is InChI=1S/C23H29N3O2.2C2H6/c1-24-21(27)18-6-5-7-20(16-18)23(12-14-26(4)15-13-23)19-10-8-17(9-11-19)22(28)25(2)3;2*1-2/h5-11,16H,12-15H2,1-4H3,(H,24,27);2*1-2H3. The SMILES string of the molecule is CC.CC.CNC(=O)c1cccc(C2(c3ccc(C(=O)N(C)C)cc3)CCN(C)CC2)c1. The number of hydrogen-bond donors (Lipinski definition) is 1. The molecule has 0 aromatic heterocycles. The monoisotopic (exact) mass is 439 g/mol. The molecule has 3 rings (SSSR count). The van der Waals surface area contributed by atoms with Crippen LogP contribution < -0.4 is 5.32 Å². The zero-order chi connectivity index (χ0) is 24.3. The molecule has 2 aromatic carbocycles. The van der Waals surface area contributed by atoms with E-state index < -0.39 is 0 Å². The smallest absolute Gasteiger partial charge is 0.253 e. The Bertz CT molecular complexity index is 851. The van der Waals surface area contributed by atoms with Crippen LogP contribution in [0, 0.1) is 0 Å². The third kappa shape index (κ3) is 6.19. The van der Waals surface area contributed by atoms with Crippen molar-refractivity contribution >= 4 is 11.8 Å². The van der Waals surface area contributed by atoms with Crippen LogP contribution in [0.2, 0.25) is 0 Å². The van der Waals surface area contributed by atoms with Gasteiger partial charge < -0.3 is 15.1 Å². The Hall–Kier alpha value is -2.66. The normalized spacial score (nSPS) is 14.8. The summed E-state index contributed by atoms with van der Waals surface area (Å²) < 4.78 is 0. The van der Waals surface area contributed by atoms with Crippen molar-refractivity contribution in [2.45, 2.75) is 46.0 Å². The molecule has 5 heteroatoms. The maximum absolute atomic E-state index is 12.3. The predicted molar refractivity (Wildman–Crippen MR) is 134 cm³/mol. The number of carbonyl (C=O) groups is 2. The minimum absolute atomic E-state index is 0.00518. The average molecular weight is 440 g/mol. The molecular weight excluding hydrogens is 398 g/mol. The van der Waals surface area contributed by atoms with E-state index in [-0.39, 0.29) is 17.2 Å². The van der Waals surface area contributed by atoms with Crippen LogP contribution in [0.15, 0.2) is 48.5 Å². The van der Waals surface area contributed by atoms with Crippen molar-refractivity contribution in [2.24, 2.45) is 0 Å². The van der Waals surface area contributed by atoms with Gasteiger partial charge in [0.25, 0.3) is 11.8 Å². The Morgan fingerprint density at radius 1 is 0.875 bits per heavy atom. The van der Waals surface area contributed by atoms with Crippen molar-refractivity contribution in [3.8, 4) is 0 Å². The summed E-state index contributed by atoms with van der Waals surface area (Å²) in [5.41, 5.74) is 3.57. The number of rotatable bonds is 4. The van der Waals surface area contributed by atoms with E-state index in [0.717, 1.165) is 31.5 Å². The summed E-state index contributed by atoms with van der Waals surface area (Å²) in [7, 11) is 7.32. The van der Waals surface area contributed by atoms with Gasteiger partial charge in [0.05, 0.1) is 0 Å². The number of amides is 2. The van der Waals surface area contributed by atoms with E-state index in [0.29, 0.717) is 11.1 Å². The highest BCUT2D eigenvalue weighted by molar-refractivity contribution is 5.94. The number of likely N-dealkylation sites (tertiary alicyclic amines) is 1. The zero-order valence-electron chi connectivity index (χ0n) is 21.2. The van der Waals surface area contributed by atoms with Gasteiger partial charge in [-0.3, -0.25) is 9.59 Å². The highest BCUT2D eigenvalue weighted by atomic mass is 16.2. The summed E-state index contributed by atoms with van der Waals surface area (Å²) in [6.45, 7) is 9.98. The number of hydrogen-bond acceptors (Lipinski definition) is 3. The molecule has 0 unspecified atom stereocenters. The fourth-order valence-corrected chi connectivity index (χ4v) is 4.04. The average Bonchev–Trinajstić information content (AvgIpc) is 2.86.